The zero-order chi connectivity index (χ0) is 20.7. The van der Waals surface area contributed by atoms with E-state index in [1.807, 2.05) is 49.4 Å². The molecule has 1 heterocycles. The fourth-order valence-corrected chi connectivity index (χ4v) is 4.67. The number of nitriles is 1. The van der Waals surface area contributed by atoms with Crippen LogP contribution in [0.15, 0.2) is 59.5 Å². The predicted octanol–water partition coefficient (Wildman–Crippen LogP) is 2.55. The van der Waals surface area contributed by atoms with Crippen molar-refractivity contribution in [1.82, 2.24) is 14.5 Å². The summed E-state index contributed by atoms with van der Waals surface area (Å²) < 4.78 is 28.3. The number of rotatable bonds is 8. The maximum absolute atomic E-state index is 12.8. The van der Waals surface area contributed by atoms with E-state index >= 15 is 0 Å². The molecule has 29 heavy (non-hydrogen) atoms. The Morgan fingerprint density at radius 3 is 2.31 bits per heavy atom. The summed E-state index contributed by atoms with van der Waals surface area (Å²) in [5.41, 5.74) is 2.13. The molecule has 1 aliphatic rings. The van der Waals surface area contributed by atoms with Crippen LogP contribution in [-0.4, -0.2) is 57.5 Å². The molecular formula is C22H28N4O2S. The van der Waals surface area contributed by atoms with Crippen molar-refractivity contribution in [3.05, 3.63) is 65.7 Å². The Bertz CT molecular complexity index is 916. The average Bonchev–Trinajstić information content (AvgIpc) is 2.74. The summed E-state index contributed by atoms with van der Waals surface area (Å²) in [5.74, 6) is 0. The fourth-order valence-electron chi connectivity index (χ4n) is 3.63. The van der Waals surface area contributed by atoms with Gasteiger partial charge in [0, 0.05) is 51.7 Å². The van der Waals surface area contributed by atoms with Crippen LogP contribution in [0.25, 0.3) is 0 Å². The Labute approximate surface area is 173 Å². The van der Waals surface area contributed by atoms with Crippen molar-refractivity contribution in [3.63, 3.8) is 0 Å². The largest absolute Gasteiger partial charge is 0.300 e. The monoisotopic (exact) mass is 412 g/mol. The number of piperazine rings is 1. The van der Waals surface area contributed by atoms with Crippen molar-refractivity contribution in [2.45, 2.75) is 24.3 Å². The molecular weight excluding hydrogens is 384 g/mol. The quantitative estimate of drug-likeness (QED) is 0.721. The Kier molecular flexibility index (Phi) is 7.40. The molecule has 0 saturated carbocycles. The molecule has 0 aliphatic carbocycles. The second-order valence-electron chi connectivity index (χ2n) is 7.38. The third-order valence-corrected chi connectivity index (χ3v) is 6.81. The lowest BCUT2D eigenvalue weighted by Crippen LogP contribution is -2.49. The maximum Gasteiger partial charge on any atom is 0.240 e. The fraction of sp³-hybridized carbons (Fsp3) is 0.409. The predicted molar refractivity (Wildman–Crippen MR) is 114 cm³/mol. The lowest BCUT2D eigenvalue weighted by Gasteiger charge is -2.39. The van der Waals surface area contributed by atoms with Gasteiger partial charge in [-0.25, -0.2) is 13.1 Å². The molecule has 0 radical (unpaired) electrons. The van der Waals surface area contributed by atoms with E-state index in [9.17, 15) is 8.42 Å². The molecule has 1 saturated heterocycles. The number of sulfonamides is 1. The van der Waals surface area contributed by atoms with Gasteiger partial charge in [0.15, 0.2) is 0 Å². The number of hydrogen-bond acceptors (Lipinski definition) is 5. The van der Waals surface area contributed by atoms with Gasteiger partial charge in [-0.15, -0.1) is 0 Å². The molecule has 154 valence electrons. The Balaban J connectivity index is 1.70. The van der Waals surface area contributed by atoms with Gasteiger partial charge in [-0.3, -0.25) is 9.80 Å². The van der Waals surface area contributed by atoms with E-state index in [0.717, 1.165) is 43.9 Å². The van der Waals surface area contributed by atoms with Gasteiger partial charge in [0.05, 0.1) is 11.0 Å². The molecule has 2 aromatic carbocycles. The standard InChI is InChI=1S/C22H28N4O2S/c1-19-8-10-21(11-9-19)29(27,28)24-18-22(20-6-3-2-4-7-20)26-16-14-25(15-17-26)13-5-12-23/h2-4,6-11,22,24H,5,13-18H2,1H3/t22-/m0/s1. The van der Waals surface area contributed by atoms with E-state index in [1.165, 1.54) is 0 Å². The Morgan fingerprint density at radius 2 is 1.69 bits per heavy atom. The summed E-state index contributed by atoms with van der Waals surface area (Å²) in [7, 11) is -3.56. The SMILES string of the molecule is Cc1ccc(S(=O)(=O)NC[C@@H](c2ccccc2)N2CCN(CCC#N)CC2)cc1. The summed E-state index contributed by atoms with van der Waals surface area (Å²) in [5, 5.41) is 8.79. The Morgan fingerprint density at radius 1 is 1.03 bits per heavy atom. The molecule has 0 aromatic heterocycles. The van der Waals surface area contributed by atoms with Crippen LogP contribution in [0.5, 0.6) is 0 Å². The van der Waals surface area contributed by atoms with Gasteiger partial charge in [-0.1, -0.05) is 48.0 Å². The van der Waals surface area contributed by atoms with Gasteiger partial charge in [0.25, 0.3) is 0 Å². The number of aryl methyl sites for hydroxylation is 1. The van der Waals surface area contributed by atoms with Crippen LogP contribution in [-0.2, 0) is 10.0 Å². The molecule has 1 N–H and O–H groups in total. The van der Waals surface area contributed by atoms with Crippen LogP contribution in [0.1, 0.15) is 23.6 Å². The van der Waals surface area contributed by atoms with E-state index in [2.05, 4.69) is 20.6 Å². The van der Waals surface area contributed by atoms with Crippen molar-refractivity contribution >= 4 is 10.0 Å². The van der Waals surface area contributed by atoms with Crippen molar-refractivity contribution in [1.29, 1.82) is 5.26 Å². The first-order chi connectivity index (χ1) is 14.0. The van der Waals surface area contributed by atoms with Gasteiger partial charge in [0.1, 0.15) is 0 Å². The molecule has 6 nitrogen and oxygen atoms in total. The third kappa shape index (κ3) is 5.87. The van der Waals surface area contributed by atoms with Gasteiger partial charge >= 0.3 is 0 Å². The van der Waals surface area contributed by atoms with E-state index in [1.54, 1.807) is 12.1 Å². The highest BCUT2D eigenvalue weighted by molar-refractivity contribution is 7.89. The normalized spacial score (nSPS) is 17.0. The average molecular weight is 413 g/mol. The van der Waals surface area contributed by atoms with Crippen LogP contribution in [0.2, 0.25) is 0 Å². The van der Waals surface area contributed by atoms with Crippen molar-refractivity contribution in [2.24, 2.45) is 0 Å². The summed E-state index contributed by atoms with van der Waals surface area (Å²) in [6, 6.07) is 19.1. The maximum atomic E-state index is 12.8. The first-order valence-electron chi connectivity index (χ1n) is 9.94. The highest BCUT2D eigenvalue weighted by Gasteiger charge is 2.26. The van der Waals surface area contributed by atoms with Crippen molar-refractivity contribution in [2.75, 3.05) is 39.3 Å². The van der Waals surface area contributed by atoms with Gasteiger partial charge in [-0.05, 0) is 24.6 Å². The Hall–Kier alpha value is -2.24. The second kappa shape index (κ2) is 9.99. The van der Waals surface area contributed by atoms with E-state index < -0.39 is 10.0 Å². The summed E-state index contributed by atoms with van der Waals surface area (Å²) in [6.45, 7) is 6.50. The number of benzene rings is 2. The molecule has 3 rings (SSSR count). The number of nitrogens with zero attached hydrogens (tertiary/aromatic N) is 3. The first-order valence-corrected chi connectivity index (χ1v) is 11.4. The molecule has 7 heteroatoms. The highest BCUT2D eigenvalue weighted by atomic mass is 32.2. The summed E-state index contributed by atoms with van der Waals surface area (Å²) >= 11 is 0. The number of nitrogens with one attached hydrogen (secondary N) is 1. The van der Waals surface area contributed by atoms with E-state index in [0.29, 0.717) is 13.0 Å². The van der Waals surface area contributed by atoms with E-state index in [4.69, 9.17) is 5.26 Å². The minimum Gasteiger partial charge on any atom is -0.300 e. The molecule has 1 atom stereocenters. The molecule has 1 fully saturated rings. The van der Waals surface area contributed by atoms with Gasteiger partial charge in [-0.2, -0.15) is 5.26 Å². The lowest BCUT2D eigenvalue weighted by molar-refractivity contribution is 0.0984. The van der Waals surface area contributed by atoms with Gasteiger partial charge < -0.3 is 0 Å². The van der Waals surface area contributed by atoms with Gasteiger partial charge in [0.2, 0.25) is 10.0 Å². The van der Waals surface area contributed by atoms with Crippen molar-refractivity contribution < 1.29 is 8.42 Å². The second-order valence-corrected chi connectivity index (χ2v) is 9.14. The topological polar surface area (TPSA) is 76.4 Å². The van der Waals surface area contributed by atoms with Crippen LogP contribution in [0, 0.1) is 18.3 Å². The van der Waals surface area contributed by atoms with Crippen molar-refractivity contribution in [3.8, 4) is 6.07 Å². The zero-order valence-electron chi connectivity index (χ0n) is 16.8. The molecule has 2 aromatic rings. The molecule has 0 unspecified atom stereocenters. The minimum atomic E-state index is -3.56. The molecule has 0 spiro atoms. The van der Waals surface area contributed by atoms with Crippen LogP contribution < -0.4 is 4.72 Å². The smallest absolute Gasteiger partial charge is 0.240 e. The van der Waals surface area contributed by atoms with Crippen LogP contribution in [0.3, 0.4) is 0 Å². The third-order valence-electron chi connectivity index (χ3n) is 5.37. The van der Waals surface area contributed by atoms with Crippen LogP contribution >= 0.6 is 0 Å². The lowest BCUT2D eigenvalue weighted by atomic mass is 10.0. The molecule has 0 bridgehead atoms. The minimum absolute atomic E-state index is 0.0328. The van der Waals surface area contributed by atoms with E-state index in [-0.39, 0.29) is 10.9 Å². The first kappa shape index (κ1) is 21.5. The highest BCUT2D eigenvalue weighted by Crippen LogP contribution is 2.22. The summed E-state index contributed by atoms with van der Waals surface area (Å²) in [4.78, 5) is 4.91. The number of hydrogen-bond donors (Lipinski definition) is 1. The van der Waals surface area contributed by atoms with Crippen LogP contribution in [0.4, 0.5) is 0 Å². The zero-order valence-corrected chi connectivity index (χ0v) is 17.6. The summed E-state index contributed by atoms with van der Waals surface area (Å²) in [6.07, 6.45) is 0.540. The molecule has 1 aliphatic heterocycles. The molecule has 0 amide bonds.